The smallest absolute Gasteiger partial charge is 0.293 e. The molecular formula is C22H24FN5O3. The van der Waals surface area contributed by atoms with Crippen LogP contribution in [0.3, 0.4) is 0 Å². The summed E-state index contributed by atoms with van der Waals surface area (Å²) < 4.78 is 21.9. The van der Waals surface area contributed by atoms with Crippen molar-refractivity contribution >= 4 is 17.9 Å². The van der Waals surface area contributed by atoms with Crippen LogP contribution in [0.2, 0.25) is 0 Å². The molecule has 5 rings (SSSR count). The van der Waals surface area contributed by atoms with Crippen LogP contribution in [0.15, 0.2) is 30.5 Å². The lowest BCUT2D eigenvalue weighted by Gasteiger charge is -2.35. The summed E-state index contributed by atoms with van der Waals surface area (Å²) in [5, 5.41) is 22.5. The summed E-state index contributed by atoms with van der Waals surface area (Å²) in [7, 11) is 1.96. The summed E-state index contributed by atoms with van der Waals surface area (Å²) >= 11 is 0. The number of carbonyl (C=O) groups excluding carboxylic acids is 1. The van der Waals surface area contributed by atoms with Gasteiger partial charge in [0.2, 0.25) is 5.95 Å². The molecule has 31 heavy (non-hydrogen) atoms. The molecular weight excluding hydrogens is 401 g/mol. The van der Waals surface area contributed by atoms with E-state index in [4.69, 9.17) is 4.74 Å². The van der Waals surface area contributed by atoms with Crippen molar-refractivity contribution in [3.05, 3.63) is 41.8 Å². The molecule has 0 bridgehead atoms. The third kappa shape index (κ3) is 3.81. The van der Waals surface area contributed by atoms with E-state index in [2.05, 4.69) is 20.4 Å². The van der Waals surface area contributed by atoms with Gasteiger partial charge in [-0.25, -0.2) is 4.39 Å². The quantitative estimate of drug-likeness (QED) is 0.587. The number of ether oxygens (including phenoxy) is 1. The minimum Gasteiger partial charge on any atom is -0.507 e. The monoisotopic (exact) mass is 425 g/mol. The molecule has 2 aromatic heterocycles. The number of fused-ring (bicyclic) bond motifs is 1. The first-order chi connectivity index (χ1) is 15.0. The summed E-state index contributed by atoms with van der Waals surface area (Å²) in [5.74, 6) is 0.218. The fraction of sp³-hybridized carbons (Fsp3) is 0.409. The van der Waals surface area contributed by atoms with Gasteiger partial charge >= 0.3 is 0 Å². The van der Waals surface area contributed by atoms with E-state index in [9.17, 15) is 14.3 Å². The first-order valence-corrected chi connectivity index (χ1v) is 10.4. The minimum absolute atomic E-state index is 0.00239. The van der Waals surface area contributed by atoms with E-state index in [1.165, 1.54) is 6.07 Å². The highest BCUT2D eigenvalue weighted by Gasteiger charge is 2.29. The Morgan fingerprint density at radius 1 is 1.29 bits per heavy atom. The van der Waals surface area contributed by atoms with Gasteiger partial charge in [-0.3, -0.25) is 9.20 Å². The zero-order valence-corrected chi connectivity index (χ0v) is 17.2. The molecule has 1 aromatic carbocycles. The van der Waals surface area contributed by atoms with E-state index in [0.29, 0.717) is 36.8 Å². The first-order valence-electron chi connectivity index (χ1n) is 10.4. The molecule has 0 spiro atoms. The van der Waals surface area contributed by atoms with Gasteiger partial charge in [0.25, 0.3) is 6.47 Å². The molecule has 2 fully saturated rings. The number of hydrogen-bond acceptors (Lipinski definition) is 7. The Morgan fingerprint density at radius 3 is 2.87 bits per heavy atom. The number of aromatic nitrogens is 3. The number of benzene rings is 1. The lowest BCUT2D eigenvalue weighted by Crippen LogP contribution is -2.47. The standard InChI is InChI=1S/C22H24FN5O3/c1-27-10-15(9-16(11-27)31-12-29)24-22-26-25-21(18-3-2-6-28(18)22)20-17(23)7-14(8-19(20)30)13-4-5-13/h2-3,6-8,12-13,15-16,30H,4-5,9-11H2,1H3,(H,24,26)/t15-,16-/m1/s1. The number of aromatic hydroxyl groups is 1. The van der Waals surface area contributed by atoms with Gasteiger partial charge in [0.1, 0.15) is 23.4 Å². The van der Waals surface area contributed by atoms with Crippen LogP contribution < -0.4 is 5.32 Å². The van der Waals surface area contributed by atoms with Crippen LogP contribution in [0.1, 0.15) is 30.7 Å². The highest BCUT2D eigenvalue weighted by atomic mass is 19.1. The molecule has 1 saturated heterocycles. The molecule has 8 nitrogen and oxygen atoms in total. The number of hydrogen-bond donors (Lipinski definition) is 2. The molecule has 162 valence electrons. The number of phenolic OH excluding ortho intramolecular Hbond substituents is 1. The number of anilines is 1. The number of piperidine rings is 1. The fourth-order valence-corrected chi connectivity index (χ4v) is 4.46. The molecule has 2 N–H and O–H groups in total. The number of nitrogens with zero attached hydrogens (tertiary/aromatic N) is 4. The molecule has 0 radical (unpaired) electrons. The maximum Gasteiger partial charge on any atom is 0.293 e. The van der Waals surface area contributed by atoms with Gasteiger partial charge in [0.05, 0.1) is 11.1 Å². The highest BCUT2D eigenvalue weighted by Crippen LogP contribution is 2.44. The Morgan fingerprint density at radius 2 is 2.13 bits per heavy atom. The van der Waals surface area contributed by atoms with Gasteiger partial charge in [-0.15, -0.1) is 10.2 Å². The van der Waals surface area contributed by atoms with Crippen molar-refractivity contribution in [2.75, 3.05) is 25.5 Å². The van der Waals surface area contributed by atoms with Crippen molar-refractivity contribution in [1.82, 2.24) is 19.5 Å². The maximum absolute atomic E-state index is 15.0. The summed E-state index contributed by atoms with van der Waals surface area (Å²) in [4.78, 5) is 12.8. The van der Waals surface area contributed by atoms with Gasteiger partial charge in [0, 0.05) is 31.7 Å². The molecule has 3 heterocycles. The maximum atomic E-state index is 15.0. The van der Waals surface area contributed by atoms with Crippen LogP contribution in [-0.2, 0) is 9.53 Å². The molecule has 1 aliphatic heterocycles. The third-order valence-electron chi connectivity index (χ3n) is 6.02. The van der Waals surface area contributed by atoms with Crippen LogP contribution in [0.4, 0.5) is 10.3 Å². The average Bonchev–Trinajstić information content (AvgIpc) is 3.45. The molecule has 0 unspecified atom stereocenters. The van der Waals surface area contributed by atoms with E-state index in [1.807, 2.05) is 25.4 Å². The van der Waals surface area contributed by atoms with Crippen molar-refractivity contribution in [3.8, 4) is 17.0 Å². The first kappa shape index (κ1) is 19.7. The van der Waals surface area contributed by atoms with Crippen molar-refractivity contribution in [3.63, 3.8) is 0 Å². The number of halogens is 1. The summed E-state index contributed by atoms with van der Waals surface area (Å²) in [6.45, 7) is 1.91. The Balaban J connectivity index is 1.47. The molecule has 0 amide bonds. The number of rotatable bonds is 6. The molecule has 2 aliphatic rings. The number of phenols is 1. The molecule has 2 atom stereocenters. The van der Waals surface area contributed by atoms with Gasteiger partial charge in [0.15, 0.2) is 0 Å². The summed E-state index contributed by atoms with van der Waals surface area (Å²) in [6.07, 6.45) is 4.31. The minimum atomic E-state index is -0.497. The van der Waals surface area contributed by atoms with E-state index >= 15 is 0 Å². The second-order valence-corrected chi connectivity index (χ2v) is 8.46. The predicted octanol–water partition coefficient (Wildman–Crippen LogP) is 2.78. The van der Waals surface area contributed by atoms with E-state index in [-0.39, 0.29) is 29.2 Å². The fourth-order valence-electron chi connectivity index (χ4n) is 4.46. The largest absolute Gasteiger partial charge is 0.507 e. The van der Waals surface area contributed by atoms with Crippen LogP contribution in [0.5, 0.6) is 5.75 Å². The lowest BCUT2D eigenvalue weighted by atomic mass is 10.0. The zero-order valence-electron chi connectivity index (χ0n) is 17.2. The van der Waals surface area contributed by atoms with E-state index < -0.39 is 5.82 Å². The average molecular weight is 425 g/mol. The SMILES string of the molecule is CN1C[C@H](Nc2nnc(-c3c(O)cc(C4CC4)cc3F)c3cccn23)C[C@@H](OC=O)C1. The number of carbonyl (C=O) groups is 1. The second-order valence-electron chi connectivity index (χ2n) is 8.46. The highest BCUT2D eigenvalue weighted by molar-refractivity contribution is 5.82. The molecule has 3 aromatic rings. The van der Waals surface area contributed by atoms with Crippen molar-refractivity contribution in [2.24, 2.45) is 0 Å². The summed E-state index contributed by atoms with van der Waals surface area (Å²) in [5.41, 5.74) is 1.81. The Kier molecular flexibility index (Phi) is 4.97. The van der Waals surface area contributed by atoms with E-state index in [1.54, 1.807) is 10.5 Å². The zero-order chi connectivity index (χ0) is 21.5. The van der Waals surface area contributed by atoms with Crippen LogP contribution in [0, 0.1) is 5.82 Å². The topological polar surface area (TPSA) is 92.0 Å². The van der Waals surface area contributed by atoms with Crippen molar-refractivity contribution in [1.29, 1.82) is 0 Å². The molecule has 1 aliphatic carbocycles. The normalized spacial score (nSPS) is 21.9. The van der Waals surface area contributed by atoms with Crippen molar-refractivity contribution in [2.45, 2.75) is 37.3 Å². The predicted molar refractivity (Wildman–Crippen MR) is 112 cm³/mol. The van der Waals surface area contributed by atoms with Crippen LogP contribution in [0.25, 0.3) is 16.8 Å². The molecule has 1 saturated carbocycles. The summed E-state index contributed by atoms with van der Waals surface area (Å²) in [6, 6.07) is 6.76. The van der Waals surface area contributed by atoms with E-state index in [0.717, 1.165) is 24.9 Å². The molecule has 9 heteroatoms. The van der Waals surface area contributed by atoms with Gasteiger partial charge in [-0.1, -0.05) is 0 Å². The third-order valence-corrected chi connectivity index (χ3v) is 6.02. The van der Waals surface area contributed by atoms with Crippen LogP contribution in [-0.4, -0.2) is 63.4 Å². The van der Waals surface area contributed by atoms with Crippen molar-refractivity contribution < 1.29 is 19.0 Å². The van der Waals surface area contributed by atoms with Gasteiger partial charge in [-0.2, -0.15) is 0 Å². The Bertz CT molecular complexity index is 1110. The lowest BCUT2D eigenvalue weighted by molar-refractivity contribution is -0.135. The van der Waals surface area contributed by atoms with Gasteiger partial charge in [-0.05, 0) is 55.6 Å². The van der Waals surface area contributed by atoms with Gasteiger partial charge < -0.3 is 20.1 Å². The number of likely N-dealkylation sites (tertiary alicyclic amines) is 1. The van der Waals surface area contributed by atoms with Crippen LogP contribution >= 0.6 is 0 Å². The number of likely N-dealkylation sites (N-methyl/N-ethyl adjacent to an activating group) is 1. The Hall–Kier alpha value is -3.20. The Labute approximate surface area is 178 Å². The second kappa shape index (κ2) is 7.81. The number of nitrogens with one attached hydrogen (secondary N) is 1.